The lowest BCUT2D eigenvalue weighted by Crippen LogP contribution is -2.43. The minimum absolute atomic E-state index is 0.137. The average Bonchev–Trinajstić information content (AvgIpc) is 2.53. The number of aryl methyl sites for hydroxylation is 2. The Morgan fingerprint density at radius 2 is 2.08 bits per heavy atom. The Balaban J connectivity index is 3.05. The van der Waals surface area contributed by atoms with Crippen LogP contribution >= 0.6 is 11.8 Å². The van der Waals surface area contributed by atoms with Gasteiger partial charge in [-0.2, -0.15) is 21.7 Å². The van der Waals surface area contributed by atoms with Crippen molar-refractivity contribution in [3.8, 4) is 6.07 Å². The number of nitrogens with one attached hydrogen (secondary N) is 1. The van der Waals surface area contributed by atoms with E-state index in [-0.39, 0.29) is 11.3 Å². The molecule has 1 aromatic rings. The van der Waals surface area contributed by atoms with E-state index in [1.165, 1.54) is 18.7 Å². The Hall–Kier alpha value is -1.56. The predicted molar refractivity (Wildman–Crippen MR) is 94.2 cm³/mol. The second kappa shape index (κ2) is 9.06. The molecule has 0 aliphatic rings. The third kappa shape index (κ3) is 5.82. The van der Waals surface area contributed by atoms with Gasteiger partial charge in [-0.3, -0.25) is 4.79 Å². The molecule has 2 atom stereocenters. The first-order valence-electron chi connectivity index (χ1n) is 7.40. The summed E-state index contributed by atoms with van der Waals surface area (Å²) in [6.07, 6.45) is 1.21. The van der Waals surface area contributed by atoms with Gasteiger partial charge in [0, 0.05) is 0 Å². The van der Waals surface area contributed by atoms with Gasteiger partial charge in [0.1, 0.15) is 12.1 Å². The number of nitrogens with zero attached hydrogens (tertiary/aromatic N) is 1. The van der Waals surface area contributed by atoms with Crippen molar-refractivity contribution in [2.45, 2.75) is 44.2 Å². The van der Waals surface area contributed by atoms with Gasteiger partial charge in [-0.15, -0.1) is 0 Å². The smallest absolute Gasteiger partial charge is 0.325 e. The van der Waals surface area contributed by atoms with E-state index in [1.54, 1.807) is 32.0 Å². The first-order chi connectivity index (χ1) is 11.2. The van der Waals surface area contributed by atoms with Crippen molar-refractivity contribution < 1.29 is 17.9 Å². The van der Waals surface area contributed by atoms with Gasteiger partial charge in [-0.1, -0.05) is 12.1 Å². The van der Waals surface area contributed by atoms with Gasteiger partial charge in [0.15, 0.2) is 6.10 Å². The van der Waals surface area contributed by atoms with Gasteiger partial charge in [-0.05, 0) is 56.4 Å². The summed E-state index contributed by atoms with van der Waals surface area (Å²) in [6.45, 7) is 4.93. The topological polar surface area (TPSA) is 96.3 Å². The zero-order chi connectivity index (χ0) is 18.3. The van der Waals surface area contributed by atoms with Gasteiger partial charge >= 0.3 is 5.97 Å². The summed E-state index contributed by atoms with van der Waals surface area (Å²) in [7, 11) is -3.87. The number of benzene rings is 1. The van der Waals surface area contributed by atoms with E-state index >= 15 is 0 Å². The van der Waals surface area contributed by atoms with Crippen LogP contribution in [0.5, 0.6) is 0 Å². The van der Waals surface area contributed by atoms with Crippen molar-refractivity contribution in [2.75, 3.05) is 12.0 Å². The van der Waals surface area contributed by atoms with Gasteiger partial charge in [-0.25, -0.2) is 8.42 Å². The summed E-state index contributed by atoms with van der Waals surface area (Å²) in [5.41, 5.74) is 1.40. The Morgan fingerprint density at radius 3 is 2.67 bits per heavy atom. The number of sulfonamides is 1. The maximum absolute atomic E-state index is 12.6. The SMILES string of the molecule is CSCC[C@@H](NS(=O)(=O)c1cc(C)ccc1C)C(=O)O[C@H](C)C#N. The van der Waals surface area contributed by atoms with Crippen molar-refractivity contribution in [1.29, 1.82) is 5.26 Å². The summed E-state index contributed by atoms with van der Waals surface area (Å²) in [5, 5.41) is 8.75. The molecule has 0 spiro atoms. The third-order valence-electron chi connectivity index (χ3n) is 3.30. The fourth-order valence-corrected chi connectivity index (χ4v) is 4.01. The van der Waals surface area contributed by atoms with Gasteiger partial charge < -0.3 is 4.74 Å². The molecule has 1 aromatic carbocycles. The van der Waals surface area contributed by atoms with Crippen LogP contribution in [0.3, 0.4) is 0 Å². The van der Waals surface area contributed by atoms with Crippen molar-refractivity contribution in [2.24, 2.45) is 0 Å². The van der Waals surface area contributed by atoms with Crippen LogP contribution in [-0.4, -0.2) is 38.5 Å². The van der Waals surface area contributed by atoms with Crippen molar-refractivity contribution in [3.63, 3.8) is 0 Å². The maximum Gasteiger partial charge on any atom is 0.325 e. The molecule has 0 unspecified atom stereocenters. The summed E-state index contributed by atoms with van der Waals surface area (Å²) in [5.74, 6) is -0.164. The van der Waals surface area contributed by atoms with Crippen LogP contribution in [0.15, 0.2) is 23.1 Å². The quantitative estimate of drug-likeness (QED) is 0.705. The van der Waals surface area contributed by atoms with E-state index in [9.17, 15) is 13.2 Å². The number of hydrogen-bond acceptors (Lipinski definition) is 6. The van der Waals surface area contributed by atoms with Gasteiger partial charge in [0.25, 0.3) is 0 Å². The molecule has 0 radical (unpaired) electrons. The van der Waals surface area contributed by atoms with Crippen LogP contribution in [0, 0.1) is 25.2 Å². The highest BCUT2D eigenvalue weighted by Crippen LogP contribution is 2.18. The standard InChI is InChI=1S/C16H22N2O4S2/c1-11-5-6-12(2)15(9-11)24(20,21)18-14(7-8-23-4)16(19)22-13(3)10-17/h5-6,9,13-14,18H,7-8H2,1-4H3/t13-,14-/m1/s1. The molecule has 132 valence electrons. The zero-order valence-electron chi connectivity index (χ0n) is 14.2. The van der Waals surface area contributed by atoms with Gasteiger partial charge in [0.2, 0.25) is 10.0 Å². The number of carbonyl (C=O) groups excluding carboxylic acids is 1. The average molecular weight is 370 g/mol. The normalized spacial score (nSPS) is 13.8. The van der Waals surface area contributed by atoms with E-state index in [2.05, 4.69) is 4.72 Å². The van der Waals surface area contributed by atoms with E-state index in [1.807, 2.05) is 12.3 Å². The molecule has 0 aliphatic heterocycles. The van der Waals surface area contributed by atoms with E-state index in [0.29, 0.717) is 11.3 Å². The number of ether oxygens (including phenoxy) is 1. The van der Waals surface area contributed by atoms with Crippen LogP contribution in [0.4, 0.5) is 0 Å². The lowest BCUT2D eigenvalue weighted by atomic mass is 10.2. The van der Waals surface area contributed by atoms with E-state index < -0.39 is 28.1 Å². The molecular weight excluding hydrogens is 348 g/mol. The fourth-order valence-electron chi connectivity index (χ4n) is 1.99. The predicted octanol–water partition coefficient (Wildman–Crippen LogP) is 2.16. The molecular formula is C16H22N2O4S2. The Bertz CT molecular complexity index is 726. The van der Waals surface area contributed by atoms with Crippen LogP contribution in [0.1, 0.15) is 24.5 Å². The molecule has 8 heteroatoms. The molecule has 0 saturated carbocycles. The molecule has 0 aromatic heterocycles. The number of hydrogen-bond donors (Lipinski definition) is 1. The summed E-state index contributed by atoms with van der Waals surface area (Å²) < 4.78 is 32.7. The maximum atomic E-state index is 12.6. The first-order valence-corrected chi connectivity index (χ1v) is 10.3. The molecule has 1 N–H and O–H groups in total. The van der Waals surface area contributed by atoms with Crippen LogP contribution in [0.25, 0.3) is 0 Å². The molecule has 6 nitrogen and oxygen atoms in total. The Kier molecular flexibility index (Phi) is 7.73. The zero-order valence-corrected chi connectivity index (χ0v) is 15.8. The highest BCUT2D eigenvalue weighted by molar-refractivity contribution is 7.98. The summed E-state index contributed by atoms with van der Waals surface area (Å²) >= 11 is 1.49. The number of carbonyl (C=O) groups is 1. The van der Waals surface area contributed by atoms with Crippen molar-refractivity contribution in [1.82, 2.24) is 4.72 Å². The Morgan fingerprint density at radius 1 is 1.42 bits per heavy atom. The third-order valence-corrected chi connectivity index (χ3v) is 5.56. The molecule has 0 amide bonds. The van der Waals surface area contributed by atoms with Gasteiger partial charge in [0.05, 0.1) is 4.90 Å². The molecule has 24 heavy (non-hydrogen) atoms. The molecule has 0 aliphatic carbocycles. The second-order valence-electron chi connectivity index (χ2n) is 5.43. The molecule has 0 fully saturated rings. The van der Waals surface area contributed by atoms with E-state index in [0.717, 1.165) is 5.56 Å². The molecule has 0 heterocycles. The number of rotatable bonds is 8. The van der Waals surface area contributed by atoms with E-state index in [4.69, 9.17) is 10.00 Å². The number of thioether (sulfide) groups is 1. The lowest BCUT2D eigenvalue weighted by Gasteiger charge is -2.19. The van der Waals surface area contributed by atoms with Crippen LogP contribution in [0.2, 0.25) is 0 Å². The molecule has 0 bridgehead atoms. The largest absolute Gasteiger partial charge is 0.446 e. The van der Waals surface area contributed by atoms with Crippen LogP contribution in [-0.2, 0) is 19.6 Å². The second-order valence-corrected chi connectivity index (χ2v) is 8.10. The van der Waals surface area contributed by atoms with Crippen molar-refractivity contribution >= 4 is 27.8 Å². The molecule has 1 rings (SSSR count). The highest BCUT2D eigenvalue weighted by atomic mass is 32.2. The van der Waals surface area contributed by atoms with Crippen LogP contribution < -0.4 is 4.72 Å². The fraction of sp³-hybridized carbons (Fsp3) is 0.500. The van der Waals surface area contributed by atoms with Crippen molar-refractivity contribution in [3.05, 3.63) is 29.3 Å². The minimum atomic E-state index is -3.87. The minimum Gasteiger partial charge on any atom is -0.446 e. The summed E-state index contributed by atoms with van der Waals surface area (Å²) in [6, 6.07) is 5.87. The Labute approximate surface area is 147 Å². The first kappa shape index (κ1) is 20.5. The molecule has 0 saturated heterocycles. The number of nitriles is 1. The summed E-state index contributed by atoms with van der Waals surface area (Å²) in [4.78, 5) is 12.3. The highest BCUT2D eigenvalue weighted by Gasteiger charge is 2.28. The lowest BCUT2D eigenvalue weighted by molar-refractivity contribution is -0.147. The number of esters is 1. The monoisotopic (exact) mass is 370 g/mol.